The lowest BCUT2D eigenvalue weighted by Gasteiger charge is -2.10. The SMILES string of the molecule is COc1ccccc1CC(=O)Nc1cc(N)c(F)cc1F. The molecule has 6 heteroatoms. The third-order valence-electron chi connectivity index (χ3n) is 2.90. The van der Waals surface area contributed by atoms with E-state index in [1.54, 1.807) is 24.3 Å². The van der Waals surface area contributed by atoms with Crippen molar-refractivity contribution in [2.45, 2.75) is 6.42 Å². The highest BCUT2D eigenvalue weighted by Crippen LogP contribution is 2.22. The van der Waals surface area contributed by atoms with E-state index in [1.165, 1.54) is 7.11 Å². The number of carbonyl (C=O) groups is 1. The van der Waals surface area contributed by atoms with Crippen molar-refractivity contribution < 1.29 is 18.3 Å². The second-order valence-electron chi connectivity index (χ2n) is 4.39. The summed E-state index contributed by atoms with van der Waals surface area (Å²) < 4.78 is 31.7. The van der Waals surface area contributed by atoms with Gasteiger partial charge in [-0.1, -0.05) is 18.2 Å². The van der Waals surface area contributed by atoms with Gasteiger partial charge in [0.1, 0.15) is 17.4 Å². The number of ether oxygens (including phenoxy) is 1. The van der Waals surface area contributed by atoms with E-state index in [2.05, 4.69) is 5.32 Å². The van der Waals surface area contributed by atoms with Crippen LogP contribution in [-0.4, -0.2) is 13.0 Å². The maximum Gasteiger partial charge on any atom is 0.229 e. The zero-order valence-corrected chi connectivity index (χ0v) is 11.3. The third kappa shape index (κ3) is 3.47. The summed E-state index contributed by atoms with van der Waals surface area (Å²) in [5.74, 6) is -1.64. The molecular formula is C15H14F2N2O2. The summed E-state index contributed by atoms with van der Waals surface area (Å²) in [5, 5.41) is 2.36. The van der Waals surface area contributed by atoms with Gasteiger partial charge in [-0.05, 0) is 12.1 Å². The Morgan fingerprint density at radius 1 is 1.24 bits per heavy atom. The van der Waals surface area contributed by atoms with Crippen LogP contribution in [0.2, 0.25) is 0 Å². The highest BCUT2D eigenvalue weighted by atomic mass is 19.1. The lowest BCUT2D eigenvalue weighted by Crippen LogP contribution is -2.16. The molecule has 21 heavy (non-hydrogen) atoms. The van der Waals surface area contributed by atoms with E-state index in [0.717, 1.165) is 6.07 Å². The Balaban J connectivity index is 2.14. The van der Waals surface area contributed by atoms with Crippen molar-refractivity contribution in [3.63, 3.8) is 0 Å². The van der Waals surface area contributed by atoms with Crippen LogP contribution in [-0.2, 0) is 11.2 Å². The van der Waals surface area contributed by atoms with Crippen molar-refractivity contribution >= 4 is 17.3 Å². The van der Waals surface area contributed by atoms with Gasteiger partial charge in [-0.2, -0.15) is 0 Å². The van der Waals surface area contributed by atoms with Crippen LogP contribution < -0.4 is 15.8 Å². The second-order valence-corrected chi connectivity index (χ2v) is 4.39. The first-order valence-corrected chi connectivity index (χ1v) is 6.17. The van der Waals surface area contributed by atoms with Crippen LogP contribution in [0.25, 0.3) is 0 Å². The molecule has 0 bridgehead atoms. The minimum atomic E-state index is -0.880. The number of nitrogens with two attached hydrogens (primary N) is 1. The van der Waals surface area contributed by atoms with Crippen molar-refractivity contribution in [2.75, 3.05) is 18.2 Å². The Labute approximate surface area is 120 Å². The molecule has 4 nitrogen and oxygen atoms in total. The summed E-state index contributed by atoms with van der Waals surface area (Å²) in [4.78, 5) is 11.9. The third-order valence-corrected chi connectivity index (χ3v) is 2.90. The average molecular weight is 292 g/mol. The van der Waals surface area contributed by atoms with Crippen LogP contribution in [0.5, 0.6) is 5.75 Å². The fraction of sp³-hybridized carbons (Fsp3) is 0.133. The summed E-state index contributed by atoms with van der Waals surface area (Å²) in [6.45, 7) is 0. The molecule has 0 saturated heterocycles. The molecule has 1 amide bonds. The predicted octanol–water partition coefficient (Wildman–Crippen LogP) is 2.74. The summed E-state index contributed by atoms with van der Waals surface area (Å²) in [6, 6.07) is 8.67. The number of hydrogen-bond donors (Lipinski definition) is 2. The van der Waals surface area contributed by atoms with Crippen LogP contribution in [0, 0.1) is 11.6 Å². The highest BCUT2D eigenvalue weighted by Gasteiger charge is 2.13. The number of para-hydroxylation sites is 1. The number of carbonyl (C=O) groups excluding carboxylic acids is 1. The highest BCUT2D eigenvalue weighted by molar-refractivity contribution is 5.93. The molecule has 0 atom stereocenters. The number of amides is 1. The fourth-order valence-corrected chi connectivity index (χ4v) is 1.88. The number of benzene rings is 2. The molecule has 0 aliphatic heterocycles. The maximum absolute atomic E-state index is 13.5. The van der Waals surface area contributed by atoms with Crippen molar-refractivity contribution in [2.24, 2.45) is 0 Å². The minimum absolute atomic E-state index is 0.000729. The predicted molar refractivity (Wildman–Crippen MR) is 76.1 cm³/mol. The number of methoxy groups -OCH3 is 1. The molecule has 3 N–H and O–H groups in total. The summed E-state index contributed by atoms with van der Waals surface area (Å²) in [6.07, 6.45) is 0.000729. The topological polar surface area (TPSA) is 64.3 Å². The van der Waals surface area contributed by atoms with Gasteiger partial charge in [0, 0.05) is 11.6 Å². The molecule has 0 aliphatic carbocycles. The van der Waals surface area contributed by atoms with Crippen molar-refractivity contribution in [3.8, 4) is 5.75 Å². The molecule has 0 heterocycles. The van der Waals surface area contributed by atoms with E-state index >= 15 is 0 Å². The molecule has 2 aromatic carbocycles. The number of halogens is 2. The normalized spacial score (nSPS) is 10.2. The Morgan fingerprint density at radius 3 is 2.67 bits per heavy atom. The van der Waals surface area contributed by atoms with Crippen molar-refractivity contribution in [1.82, 2.24) is 0 Å². The fourth-order valence-electron chi connectivity index (χ4n) is 1.88. The van der Waals surface area contributed by atoms with Gasteiger partial charge in [0.05, 0.1) is 24.9 Å². The van der Waals surface area contributed by atoms with Gasteiger partial charge in [-0.15, -0.1) is 0 Å². The van der Waals surface area contributed by atoms with Gasteiger partial charge in [-0.3, -0.25) is 4.79 Å². The quantitative estimate of drug-likeness (QED) is 0.852. The number of nitrogen functional groups attached to an aromatic ring is 1. The van der Waals surface area contributed by atoms with Crippen molar-refractivity contribution in [1.29, 1.82) is 0 Å². The second kappa shape index (κ2) is 6.21. The van der Waals surface area contributed by atoms with Crippen LogP contribution in [0.15, 0.2) is 36.4 Å². The van der Waals surface area contributed by atoms with Crippen LogP contribution in [0.1, 0.15) is 5.56 Å². The van der Waals surface area contributed by atoms with E-state index in [-0.39, 0.29) is 17.8 Å². The Hall–Kier alpha value is -2.63. The van der Waals surface area contributed by atoms with Crippen molar-refractivity contribution in [3.05, 3.63) is 53.6 Å². The maximum atomic E-state index is 13.5. The van der Waals surface area contributed by atoms with E-state index in [0.29, 0.717) is 17.4 Å². The molecule has 0 spiro atoms. The smallest absolute Gasteiger partial charge is 0.229 e. The van der Waals surface area contributed by atoms with Crippen LogP contribution in [0.4, 0.5) is 20.2 Å². The van der Waals surface area contributed by atoms with Gasteiger partial charge in [0.25, 0.3) is 0 Å². The lowest BCUT2D eigenvalue weighted by atomic mass is 10.1. The van der Waals surface area contributed by atoms with Gasteiger partial charge in [0.2, 0.25) is 5.91 Å². The van der Waals surface area contributed by atoms with Gasteiger partial charge < -0.3 is 15.8 Å². The first-order valence-electron chi connectivity index (χ1n) is 6.17. The average Bonchev–Trinajstić information content (AvgIpc) is 2.45. The summed E-state index contributed by atoms with van der Waals surface area (Å²) in [7, 11) is 1.50. The standard InChI is InChI=1S/C15H14F2N2O2/c1-21-14-5-3-2-4-9(14)6-15(20)19-13-8-12(18)10(16)7-11(13)17/h2-5,7-8H,6,18H2,1H3,(H,19,20). The van der Waals surface area contributed by atoms with Gasteiger partial charge in [0.15, 0.2) is 0 Å². The summed E-state index contributed by atoms with van der Waals surface area (Å²) >= 11 is 0. The molecular weight excluding hydrogens is 278 g/mol. The zero-order valence-electron chi connectivity index (χ0n) is 11.3. The minimum Gasteiger partial charge on any atom is -0.496 e. The Bertz CT molecular complexity index is 675. The summed E-state index contributed by atoms with van der Waals surface area (Å²) in [5.41, 5.74) is 5.62. The molecule has 0 aromatic heterocycles. The molecule has 2 rings (SSSR count). The van der Waals surface area contributed by atoms with E-state index in [1.807, 2.05) is 0 Å². The number of rotatable bonds is 4. The van der Waals surface area contributed by atoms with Crippen LogP contribution in [0.3, 0.4) is 0 Å². The van der Waals surface area contributed by atoms with Gasteiger partial charge in [-0.25, -0.2) is 8.78 Å². The molecule has 0 radical (unpaired) electrons. The Kier molecular flexibility index (Phi) is 4.37. The van der Waals surface area contributed by atoms with E-state index in [9.17, 15) is 13.6 Å². The molecule has 0 aliphatic rings. The number of hydrogen-bond acceptors (Lipinski definition) is 3. The number of anilines is 2. The first-order chi connectivity index (χ1) is 10.0. The largest absolute Gasteiger partial charge is 0.496 e. The van der Waals surface area contributed by atoms with Gasteiger partial charge >= 0.3 is 0 Å². The molecule has 2 aromatic rings. The molecule has 0 fully saturated rings. The van der Waals surface area contributed by atoms with E-state index < -0.39 is 17.5 Å². The molecule has 110 valence electrons. The monoisotopic (exact) mass is 292 g/mol. The first kappa shape index (κ1) is 14.8. The Morgan fingerprint density at radius 2 is 1.95 bits per heavy atom. The zero-order chi connectivity index (χ0) is 15.4. The number of nitrogens with one attached hydrogen (secondary N) is 1. The van der Waals surface area contributed by atoms with Crippen LogP contribution >= 0.6 is 0 Å². The molecule has 0 saturated carbocycles. The molecule has 0 unspecified atom stereocenters. The van der Waals surface area contributed by atoms with E-state index in [4.69, 9.17) is 10.5 Å². The lowest BCUT2D eigenvalue weighted by molar-refractivity contribution is -0.115.